The van der Waals surface area contributed by atoms with Gasteiger partial charge >= 0.3 is 0 Å². The summed E-state index contributed by atoms with van der Waals surface area (Å²) in [6, 6.07) is 3.97. The molecule has 4 N–H and O–H groups in total. The number of benzene rings is 1. The van der Waals surface area contributed by atoms with Crippen LogP contribution in [0.2, 0.25) is 0 Å². The molecule has 3 nitrogen and oxygen atoms in total. The van der Waals surface area contributed by atoms with E-state index >= 15 is 0 Å². The van der Waals surface area contributed by atoms with Gasteiger partial charge < -0.3 is 11.5 Å². The van der Waals surface area contributed by atoms with E-state index in [-0.39, 0.29) is 12.2 Å². The van der Waals surface area contributed by atoms with Crippen molar-refractivity contribution in [1.82, 2.24) is 0 Å². The molecule has 0 fully saturated rings. The third-order valence-corrected chi connectivity index (χ3v) is 2.01. The molecule has 0 bridgehead atoms. The van der Waals surface area contributed by atoms with E-state index in [0.29, 0.717) is 5.56 Å². The maximum atomic E-state index is 13.3. The molecule has 0 heterocycles. The first-order chi connectivity index (χ1) is 6.50. The van der Waals surface area contributed by atoms with Gasteiger partial charge in [0.25, 0.3) is 0 Å². The molecule has 1 atom stereocenters. The molecular formula is C10H13FN2O. The van der Waals surface area contributed by atoms with Crippen molar-refractivity contribution >= 4 is 5.91 Å². The fourth-order valence-corrected chi connectivity index (χ4v) is 1.16. The van der Waals surface area contributed by atoms with E-state index < -0.39 is 11.9 Å². The monoisotopic (exact) mass is 196 g/mol. The lowest BCUT2D eigenvalue weighted by molar-refractivity contribution is -0.119. The average Bonchev–Trinajstić information content (AvgIpc) is 2.09. The highest BCUT2D eigenvalue weighted by Gasteiger charge is 2.12. The topological polar surface area (TPSA) is 69.1 Å². The van der Waals surface area contributed by atoms with Gasteiger partial charge in [-0.1, -0.05) is 12.1 Å². The van der Waals surface area contributed by atoms with Gasteiger partial charge in [0.1, 0.15) is 5.82 Å². The van der Waals surface area contributed by atoms with E-state index in [4.69, 9.17) is 11.5 Å². The van der Waals surface area contributed by atoms with Gasteiger partial charge in [-0.15, -0.1) is 0 Å². The summed E-state index contributed by atoms with van der Waals surface area (Å²) in [6.45, 7) is 1.79. The summed E-state index contributed by atoms with van der Waals surface area (Å²) in [7, 11) is 0. The Morgan fingerprint density at radius 1 is 1.57 bits per heavy atom. The molecule has 0 radical (unpaired) electrons. The summed E-state index contributed by atoms with van der Waals surface area (Å²) in [5, 5.41) is 0. The summed E-state index contributed by atoms with van der Waals surface area (Å²) in [4.78, 5) is 10.7. The highest BCUT2D eigenvalue weighted by atomic mass is 19.1. The van der Waals surface area contributed by atoms with E-state index in [2.05, 4.69) is 0 Å². The molecular weight excluding hydrogens is 183 g/mol. The SMILES string of the molecule is Cc1ccc(C[C@H](N)C(N)=O)c(F)c1. The molecule has 76 valence electrons. The molecule has 0 saturated carbocycles. The van der Waals surface area contributed by atoms with Crippen molar-refractivity contribution in [3.05, 3.63) is 35.1 Å². The molecule has 0 aliphatic heterocycles. The molecule has 4 heteroatoms. The summed E-state index contributed by atoms with van der Waals surface area (Å²) in [6.07, 6.45) is 0.140. The summed E-state index contributed by atoms with van der Waals surface area (Å²) >= 11 is 0. The van der Waals surface area contributed by atoms with E-state index in [1.54, 1.807) is 19.1 Å². The highest BCUT2D eigenvalue weighted by Crippen LogP contribution is 2.11. The van der Waals surface area contributed by atoms with Gasteiger partial charge in [0.15, 0.2) is 0 Å². The number of hydrogen-bond donors (Lipinski definition) is 2. The van der Waals surface area contributed by atoms with Crippen molar-refractivity contribution in [3.63, 3.8) is 0 Å². The lowest BCUT2D eigenvalue weighted by Crippen LogP contribution is -2.38. The fourth-order valence-electron chi connectivity index (χ4n) is 1.16. The number of nitrogens with two attached hydrogens (primary N) is 2. The molecule has 0 unspecified atom stereocenters. The van der Waals surface area contributed by atoms with Crippen molar-refractivity contribution in [2.24, 2.45) is 11.5 Å². The van der Waals surface area contributed by atoms with Crippen LogP contribution < -0.4 is 11.5 Å². The largest absolute Gasteiger partial charge is 0.368 e. The predicted octanol–water partition coefficient (Wildman–Crippen LogP) is 0.489. The van der Waals surface area contributed by atoms with Crippen LogP contribution in [-0.4, -0.2) is 11.9 Å². The van der Waals surface area contributed by atoms with E-state index in [9.17, 15) is 9.18 Å². The smallest absolute Gasteiger partial charge is 0.234 e. The molecule has 14 heavy (non-hydrogen) atoms. The minimum Gasteiger partial charge on any atom is -0.368 e. The predicted molar refractivity (Wildman–Crippen MR) is 52.0 cm³/mol. The van der Waals surface area contributed by atoms with Crippen molar-refractivity contribution in [3.8, 4) is 0 Å². The van der Waals surface area contributed by atoms with Gasteiger partial charge in [-0.2, -0.15) is 0 Å². The maximum absolute atomic E-state index is 13.3. The Kier molecular flexibility index (Phi) is 3.19. The first-order valence-corrected chi connectivity index (χ1v) is 4.30. The minimum absolute atomic E-state index is 0.140. The van der Waals surface area contributed by atoms with Crippen molar-refractivity contribution < 1.29 is 9.18 Å². The van der Waals surface area contributed by atoms with Crippen LogP contribution in [0.15, 0.2) is 18.2 Å². The van der Waals surface area contributed by atoms with Crippen LogP contribution in [-0.2, 0) is 11.2 Å². The zero-order valence-corrected chi connectivity index (χ0v) is 7.96. The zero-order chi connectivity index (χ0) is 10.7. The van der Waals surface area contributed by atoms with Crippen LogP contribution in [0, 0.1) is 12.7 Å². The van der Waals surface area contributed by atoms with Gasteiger partial charge in [-0.05, 0) is 30.5 Å². The number of aryl methyl sites for hydroxylation is 1. The van der Waals surface area contributed by atoms with Crippen LogP contribution in [0.5, 0.6) is 0 Å². The van der Waals surface area contributed by atoms with E-state index in [1.807, 2.05) is 0 Å². The van der Waals surface area contributed by atoms with Gasteiger partial charge in [-0.3, -0.25) is 4.79 Å². The number of carbonyl (C=O) groups is 1. The average molecular weight is 196 g/mol. The van der Waals surface area contributed by atoms with Crippen LogP contribution in [0.3, 0.4) is 0 Å². The normalized spacial score (nSPS) is 12.5. The summed E-state index contributed by atoms with van der Waals surface area (Å²) in [5.41, 5.74) is 11.6. The summed E-state index contributed by atoms with van der Waals surface area (Å²) in [5.74, 6) is -0.966. The van der Waals surface area contributed by atoms with Crippen molar-refractivity contribution in [2.75, 3.05) is 0 Å². The second-order valence-corrected chi connectivity index (χ2v) is 3.31. The Morgan fingerprint density at radius 3 is 2.71 bits per heavy atom. The molecule has 0 aliphatic rings. The lowest BCUT2D eigenvalue weighted by Gasteiger charge is -2.08. The third-order valence-electron chi connectivity index (χ3n) is 2.01. The van der Waals surface area contributed by atoms with Gasteiger partial charge in [0.05, 0.1) is 6.04 Å². The Labute approximate surface area is 81.9 Å². The fraction of sp³-hybridized carbons (Fsp3) is 0.300. The Morgan fingerprint density at radius 2 is 2.21 bits per heavy atom. The lowest BCUT2D eigenvalue weighted by atomic mass is 10.0. The second-order valence-electron chi connectivity index (χ2n) is 3.31. The molecule has 1 amide bonds. The molecule has 1 aromatic rings. The summed E-state index contributed by atoms with van der Waals surface area (Å²) < 4.78 is 13.3. The van der Waals surface area contributed by atoms with Crippen molar-refractivity contribution in [1.29, 1.82) is 0 Å². The number of hydrogen-bond acceptors (Lipinski definition) is 2. The Hall–Kier alpha value is -1.42. The van der Waals surface area contributed by atoms with E-state index in [1.165, 1.54) is 6.07 Å². The highest BCUT2D eigenvalue weighted by molar-refractivity contribution is 5.79. The van der Waals surface area contributed by atoms with Crippen molar-refractivity contribution in [2.45, 2.75) is 19.4 Å². The first-order valence-electron chi connectivity index (χ1n) is 4.30. The maximum Gasteiger partial charge on any atom is 0.234 e. The molecule has 0 aromatic heterocycles. The Balaban J connectivity index is 2.82. The third kappa shape index (κ3) is 2.53. The number of amides is 1. The molecule has 1 rings (SSSR count). The van der Waals surface area contributed by atoms with Crippen LogP contribution in [0.25, 0.3) is 0 Å². The molecule has 0 aliphatic carbocycles. The van der Waals surface area contributed by atoms with Crippen LogP contribution in [0.1, 0.15) is 11.1 Å². The minimum atomic E-state index is -0.827. The number of primary amides is 1. The molecule has 0 spiro atoms. The number of rotatable bonds is 3. The molecule has 1 aromatic carbocycles. The second kappa shape index (κ2) is 4.19. The standard InChI is InChI=1S/C10H13FN2O/c1-6-2-3-7(8(11)4-6)5-9(12)10(13)14/h2-4,9H,5,12H2,1H3,(H2,13,14)/t9-/m0/s1. The Bertz CT molecular complexity index is 352. The number of carbonyl (C=O) groups excluding carboxylic acids is 1. The van der Waals surface area contributed by atoms with E-state index in [0.717, 1.165) is 5.56 Å². The van der Waals surface area contributed by atoms with Gasteiger partial charge in [0, 0.05) is 0 Å². The quantitative estimate of drug-likeness (QED) is 0.738. The zero-order valence-electron chi connectivity index (χ0n) is 7.96. The first kappa shape index (κ1) is 10.7. The van der Waals surface area contributed by atoms with Gasteiger partial charge in [0.2, 0.25) is 5.91 Å². The van der Waals surface area contributed by atoms with Crippen LogP contribution >= 0.6 is 0 Å². The number of halogens is 1. The molecule has 0 saturated heterocycles. The van der Waals surface area contributed by atoms with Crippen LogP contribution in [0.4, 0.5) is 4.39 Å². The van der Waals surface area contributed by atoms with Gasteiger partial charge in [-0.25, -0.2) is 4.39 Å².